The van der Waals surface area contributed by atoms with Gasteiger partial charge in [0.05, 0.1) is 0 Å². The van der Waals surface area contributed by atoms with Crippen LogP contribution in [0.25, 0.3) is 0 Å². The van der Waals surface area contributed by atoms with E-state index in [0.717, 1.165) is 5.69 Å². The molecule has 0 amide bonds. The van der Waals surface area contributed by atoms with E-state index in [1.165, 1.54) is 0 Å². The first kappa shape index (κ1) is 6.64. The molecule has 2 nitrogen and oxygen atoms in total. The predicted octanol–water partition coefficient (Wildman–Crippen LogP) is 1.35. The van der Waals surface area contributed by atoms with Crippen molar-refractivity contribution in [2.45, 2.75) is 11.9 Å². The molecular weight excluding hydrogens is 152 g/mol. The van der Waals surface area contributed by atoms with Crippen LogP contribution in [0.5, 0.6) is 0 Å². The molecule has 48 valence electrons. The summed E-state index contributed by atoms with van der Waals surface area (Å²) in [4.78, 5) is 6.66. The first-order valence-electron chi connectivity index (χ1n) is 2.43. The van der Waals surface area contributed by atoms with E-state index in [0.29, 0.717) is 9.80 Å². The molecule has 1 heterocycles. The number of hydrogen-bond donors (Lipinski definition) is 1. The van der Waals surface area contributed by atoms with E-state index in [-0.39, 0.29) is 0 Å². The predicted molar refractivity (Wildman–Crippen MR) is 39.8 cm³/mol. The van der Waals surface area contributed by atoms with Gasteiger partial charge in [-0.25, -0.2) is 4.98 Å². The van der Waals surface area contributed by atoms with Crippen molar-refractivity contribution in [2.75, 3.05) is 0 Å². The van der Waals surface area contributed by atoms with Gasteiger partial charge in [-0.3, -0.25) is 0 Å². The molecule has 0 aliphatic heterocycles. The molecule has 1 rings (SSSR count). The molecule has 0 aromatic carbocycles. The van der Waals surface area contributed by atoms with Crippen LogP contribution in [0.4, 0.5) is 0 Å². The van der Waals surface area contributed by atoms with Gasteiger partial charge in [0.1, 0.15) is 0 Å². The lowest BCUT2D eigenvalue weighted by atomic mass is 10.5. The normalized spacial score (nSPS) is 9.44. The van der Waals surface area contributed by atoms with Crippen molar-refractivity contribution in [3.05, 3.63) is 16.5 Å². The van der Waals surface area contributed by atoms with Crippen molar-refractivity contribution in [1.29, 1.82) is 0 Å². The van der Waals surface area contributed by atoms with E-state index in [1.807, 2.05) is 6.92 Å². The van der Waals surface area contributed by atoms with Gasteiger partial charge in [0, 0.05) is 5.69 Å². The molecule has 0 saturated heterocycles. The third kappa shape index (κ3) is 1.73. The topological polar surface area (TPSA) is 28.7 Å². The lowest BCUT2D eigenvalue weighted by Crippen LogP contribution is -1.87. The molecule has 0 aliphatic rings. The van der Waals surface area contributed by atoms with Gasteiger partial charge in [-0.15, -0.1) is 0 Å². The molecule has 0 spiro atoms. The summed E-state index contributed by atoms with van der Waals surface area (Å²) in [6.45, 7) is 1.90. The summed E-state index contributed by atoms with van der Waals surface area (Å²) < 4.78 is 0.458. The van der Waals surface area contributed by atoms with Crippen molar-refractivity contribution >= 4 is 24.8 Å². The Morgan fingerprint density at radius 1 is 1.78 bits per heavy atom. The van der Waals surface area contributed by atoms with E-state index in [9.17, 15) is 0 Å². The van der Waals surface area contributed by atoms with Crippen molar-refractivity contribution in [3.8, 4) is 0 Å². The minimum atomic E-state index is 0.458. The Labute approximate surface area is 63.7 Å². The van der Waals surface area contributed by atoms with Crippen LogP contribution >= 0.6 is 12.2 Å². The number of nitrogens with one attached hydrogen (secondary N) is 1. The Kier molecular flexibility index (Phi) is 1.78. The monoisotopic (exact) mass is 157 g/mol. The van der Waals surface area contributed by atoms with Gasteiger partial charge in [0.15, 0.2) is 4.77 Å². The SMILES string of the molecule is Cc1cc([S-])nc(=S)[nH]1. The van der Waals surface area contributed by atoms with E-state index in [2.05, 4.69) is 9.97 Å². The number of nitrogens with zero attached hydrogens (tertiary/aromatic N) is 1. The number of aromatic amines is 1. The summed E-state index contributed by atoms with van der Waals surface area (Å²) in [7, 11) is 0. The highest BCUT2D eigenvalue weighted by molar-refractivity contribution is 7.71. The Hall–Kier alpha value is -0.480. The lowest BCUT2D eigenvalue weighted by Gasteiger charge is -2.02. The third-order valence-electron chi connectivity index (χ3n) is 0.856. The van der Waals surface area contributed by atoms with E-state index >= 15 is 0 Å². The van der Waals surface area contributed by atoms with Crippen molar-refractivity contribution in [2.24, 2.45) is 0 Å². The summed E-state index contributed by atoms with van der Waals surface area (Å²) in [5.74, 6) is 0. The number of rotatable bonds is 0. The average Bonchev–Trinajstić information content (AvgIpc) is 1.59. The Morgan fingerprint density at radius 3 is 2.89 bits per heavy atom. The standard InChI is InChI=1S/C5H6N2S2/c1-3-2-4(8)7-5(9)6-3/h2H,1H3,(H2,6,7,8,9)/p-1. The average molecular weight is 157 g/mol. The molecule has 0 radical (unpaired) electrons. The van der Waals surface area contributed by atoms with Gasteiger partial charge in [-0.1, -0.05) is 5.03 Å². The molecule has 0 unspecified atom stereocenters. The Morgan fingerprint density at radius 2 is 2.44 bits per heavy atom. The number of H-pyrrole nitrogens is 1. The fraction of sp³-hybridized carbons (Fsp3) is 0.200. The van der Waals surface area contributed by atoms with Crippen LogP contribution in [0.15, 0.2) is 11.1 Å². The van der Waals surface area contributed by atoms with Crippen LogP contribution in [-0.4, -0.2) is 9.97 Å². The van der Waals surface area contributed by atoms with Crippen LogP contribution in [0, 0.1) is 11.7 Å². The quantitative estimate of drug-likeness (QED) is 0.350. The molecule has 0 saturated carbocycles. The number of aryl methyl sites for hydroxylation is 1. The summed E-state index contributed by atoms with van der Waals surface area (Å²) >= 11 is 9.54. The summed E-state index contributed by atoms with van der Waals surface area (Å²) in [5.41, 5.74) is 0.958. The zero-order valence-electron chi connectivity index (χ0n) is 4.84. The molecule has 9 heavy (non-hydrogen) atoms. The molecule has 4 heteroatoms. The molecule has 1 aromatic rings. The third-order valence-corrected chi connectivity index (χ3v) is 1.26. The maximum absolute atomic E-state index is 4.79. The fourth-order valence-corrected chi connectivity index (χ4v) is 1.14. The highest BCUT2D eigenvalue weighted by Crippen LogP contribution is 1.94. The summed E-state index contributed by atoms with van der Waals surface area (Å²) in [6, 6.07) is 1.77. The Bertz CT molecular complexity index is 243. The molecule has 0 aliphatic carbocycles. The zero-order chi connectivity index (χ0) is 6.85. The maximum atomic E-state index is 4.79. The molecule has 0 bridgehead atoms. The van der Waals surface area contributed by atoms with Crippen LogP contribution in [-0.2, 0) is 12.6 Å². The van der Waals surface area contributed by atoms with Gasteiger partial charge >= 0.3 is 0 Å². The van der Waals surface area contributed by atoms with Crippen molar-refractivity contribution in [3.63, 3.8) is 0 Å². The van der Waals surface area contributed by atoms with E-state index in [4.69, 9.17) is 24.8 Å². The second-order valence-electron chi connectivity index (χ2n) is 1.71. The van der Waals surface area contributed by atoms with Gasteiger partial charge in [0.2, 0.25) is 0 Å². The van der Waals surface area contributed by atoms with Crippen molar-refractivity contribution in [1.82, 2.24) is 9.97 Å². The smallest absolute Gasteiger partial charge is 0.195 e. The largest absolute Gasteiger partial charge is 0.760 e. The van der Waals surface area contributed by atoms with E-state index in [1.54, 1.807) is 6.07 Å². The number of hydrogen-bond acceptors (Lipinski definition) is 3. The first-order valence-corrected chi connectivity index (χ1v) is 3.25. The van der Waals surface area contributed by atoms with Gasteiger partial charge < -0.3 is 17.6 Å². The first-order chi connectivity index (χ1) is 4.18. The molecule has 1 N–H and O–H groups in total. The lowest BCUT2D eigenvalue weighted by molar-refractivity contribution is 0.987. The summed E-state index contributed by atoms with van der Waals surface area (Å²) in [5, 5.41) is 0.552. The number of aromatic nitrogens is 2. The van der Waals surface area contributed by atoms with Crippen LogP contribution in [0.1, 0.15) is 5.69 Å². The molecule has 0 atom stereocenters. The molecule has 1 aromatic heterocycles. The summed E-state index contributed by atoms with van der Waals surface area (Å²) in [6.07, 6.45) is 0. The fourth-order valence-electron chi connectivity index (χ4n) is 0.550. The van der Waals surface area contributed by atoms with Gasteiger partial charge in [0.25, 0.3) is 0 Å². The van der Waals surface area contributed by atoms with Gasteiger partial charge in [-0.2, -0.15) is 0 Å². The second kappa shape index (κ2) is 2.41. The van der Waals surface area contributed by atoms with Gasteiger partial charge in [-0.05, 0) is 25.2 Å². The maximum Gasteiger partial charge on any atom is 0.195 e. The minimum absolute atomic E-state index is 0.458. The second-order valence-corrected chi connectivity index (χ2v) is 2.51. The van der Waals surface area contributed by atoms with E-state index < -0.39 is 0 Å². The van der Waals surface area contributed by atoms with Crippen molar-refractivity contribution < 1.29 is 0 Å². The highest BCUT2D eigenvalue weighted by Gasteiger charge is 1.80. The molecular formula is C5H5N2S2-. The van der Waals surface area contributed by atoms with Crippen LogP contribution in [0.2, 0.25) is 0 Å². The molecule has 0 fully saturated rings. The minimum Gasteiger partial charge on any atom is -0.760 e. The highest BCUT2D eigenvalue weighted by atomic mass is 32.1. The van der Waals surface area contributed by atoms with Crippen LogP contribution in [0.3, 0.4) is 0 Å². The zero-order valence-corrected chi connectivity index (χ0v) is 6.47. The Balaban J connectivity index is 3.33. The van der Waals surface area contributed by atoms with Crippen LogP contribution < -0.4 is 0 Å².